The van der Waals surface area contributed by atoms with Crippen molar-refractivity contribution in [2.45, 2.75) is 11.6 Å². The summed E-state index contributed by atoms with van der Waals surface area (Å²) in [7, 11) is 0. The van der Waals surface area contributed by atoms with Crippen molar-refractivity contribution in [2.75, 3.05) is 0 Å². The van der Waals surface area contributed by atoms with Crippen LogP contribution in [0.5, 0.6) is 0 Å². The highest BCUT2D eigenvalue weighted by Crippen LogP contribution is 2.50. The maximum absolute atomic E-state index is 6.63. The van der Waals surface area contributed by atoms with E-state index in [0.29, 0.717) is 0 Å². The summed E-state index contributed by atoms with van der Waals surface area (Å²) in [6, 6.07) is 52.6. The van der Waals surface area contributed by atoms with Crippen LogP contribution >= 0.6 is 0 Å². The van der Waals surface area contributed by atoms with Crippen molar-refractivity contribution in [1.29, 1.82) is 0 Å². The predicted octanol–water partition coefficient (Wildman–Crippen LogP) is 11.2. The van der Waals surface area contributed by atoms with Crippen molar-refractivity contribution in [3.8, 4) is 0 Å². The third-order valence-electron chi connectivity index (χ3n) is 11.0. The lowest BCUT2D eigenvalue weighted by atomic mass is 9.66. The van der Waals surface area contributed by atoms with Gasteiger partial charge in [-0.2, -0.15) is 0 Å². The van der Waals surface area contributed by atoms with Crippen LogP contribution in [0.25, 0.3) is 65.8 Å². The second kappa shape index (κ2) is 10.1. The Labute approximate surface area is 296 Å². The second-order valence-electron chi connectivity index (χ2n) is 13.7. The molecule has 52 heavy (non-hydrogen) atoms. The van der Waals surface area contributed by atoms with Gasteiger partial charge in [0.1, 0.15) is 50.6 Å². The highest BCUT2D eigenvalue weighted by Gasteiger charge is 2.47. The van der Waals surface area contributed by atoms with E-state index in [1.807, 2.05) is 42.5 Å². The highest BCUT2D eigenvalue weighted by molar-refractivity contribution is 6.27. The molecule has 2 atom stereocenters. The fraction of sp³-hybridized carbons (Fsp3) is 0.0435. The fourth-order valence-corrected chi connectivity index (χ4v) is 8.73. The first-order chi connectivity index (χ1) is 25.7. The first-order valence-corrected chi connectivity index (χ1v) is 17.5. The SMILES string of the molecule is c1ccc(C2(c3ccc4oc5ccccc5c4c3)C3=NC(c4ccc5c(c4)oc4ccccc45)N=C(N3)c3cccc4oc5cccc2c5c34)cc1. The van der Waals surface area contributed by atoms with E-state index in [9.17, 15) is 0 Å². The highest BCUT2D eigenvalue weighted by atomic mass is 16.3. The molecule has 2 aliphatic heterocycles. The molecule has 0 saturated carbocycles. The summed E-state index contributed by atoms with van der Waals surface area (Å²) in [4.78, 5) is 11.0. The number of fused-ring (bicyclic) bond motifs is 9. The minimum Gasteiger partial charge on any atom is -0.456 e. The van der Waals surface area contributed by atoms with Crippen molar-refractivity contribution >= 4 is 77.5 Å². The number of hydrogen-bond donors (Lipinski definition) is 1. The summed E-state index contributed by atoms with van der Waals surface area (Å²) in [5, 5.41) is 10.2. The molecule has 0 aliphatic carbocycles. The van der Waals surface area contributed by atoms with Crippen LogP contribution in [0.1, 0.15) is 34.0 Å². The number of para-hydroxylation sites is 2. The molecule has 0 amide bonds. The molecule has 10 aromatic rings. The molecule has 5 heterocycles. The van der Waals surface area contributed by atoms with Gasteiger partial charge in [0.2, 0.25) is 0 Å². The summed E-state index contributed by atoms with van der Waals surface area (Å²) < 4.78 is 19.3. The van der Waals surface area contributed by atoms with E-state index in [-0.39, 0.29) is 0 Å². The molecule has 0 spiro atoms. The van der Waals surface area contributed by atoms with Crippen LogP contribution in [0.4, 0.5) is 0 Å². The van der Waals surface area contributed by atoms with Crippen molar-refractivity contribution in [3.05, 3.63) is 179 Å². The lowest BCUT2D eigenvalue weighted by molar-refractivity contribution is 0.663. The Balaban J connectivity index is 1.22. The summed E-state index contributed by atoms with van der Waals surface area (Å²) in [5.41, 5.74) is 9.23. The van der Waals surface area contributed by atoms with E-state index >= 15 is 0 Å². The minimum absolute atomic E-state index is 0.548. The summed E-state index contributed by atoms with van der Waals surface area (Å²) in [6.45, 7) is 0. The van der Waals surface area contributed by atoms with Crippen molar-refractivity contribution < 1.29 is 13.3 Å². The van der Waals surface area contributed by atoms with Gasteiger partial charge in [0, 0.05) is 43.4 Å². The molecule has 12 rings (SSSR count). The number of aliphatic imine (C=N–C) groups is 2. The number of hydrogen-bond acceptors (Lipinski definition) is 6. The van der Waals surface area contributed by atoms with E-state index in [0.717, 1.165) is 105 Å². The Morgan fingerprint density at radius 1 is 0.462 bits per heavy atom. The maximum Gasteiger partial charge on any atom is 0.169 e. The molecule has 244 valence electrons. The van der Waals surface area contributed by atoms with Gasteiger partial charge in [-0.15, -0.1) is 0 Å². The van der Waals surface area contributed by atoms with E-state index in [4.69, 9.17) is 23.2 Å². The zero-order valence-electron chi connectivity index (χ0n) is 27.6. The Bertz CT molecular complexity index is 3180. The van der Waals surface area contributed by atoms with Crippen molar-refractivity contribution in [1.82, 2.24) is 5.32 Å². The summed E-state index contributed by atoms with van der Waals surface area (Å²) in [5.74, 6) is 1.53. The lowest BCUT2D eigenvalue weighted by Gasteiger charge is -2.41. The number of benzene rings is 7. The molecule has 0 saturated heterocycles. The molecule has 2 unspecified atom stereocenters. The summed E-state index contributed by atoms with van der Waals surface area (Å²) in [6.07, 6.45) is -0.548. The van der Waals surface area contributed by atoms with Gasteiger partial charge in [0.05, 0.1) is 0 Å². The first kappa shape index (κ1) is 27.9. The van der Waals surface area contributed by atoms with Gasteiger partial charge in [-0.05, 0) is 59.2 Å². The van der Waals surface area contributed by atoms with Crippen LogP contribution < -0.4 is 5.32 Å². The number of amidine groups is 2. The number of nitrogens with one attached hydrogen (secondary N) is 1. The summed E-state index contributed by atoms with van der Waals surface area (Å²) >= 11 is 0. The molecule has 0 radical (unpaired) electrons. The van der Waals surface area contributed by atoms with Gasteiger partial charge < -0.3 is 18.6 Å². The predicted molar refractivity (Wildman–Crippen MR) is 207 cm³/mol. The molecular weight excluding hydrogens is 643 g/mol. The average Bonchev–Trinajstić information content (AvgIpc) is 3.89. The van der Waals surface area contributed by atoms with Gasteiger partial charge >= 0.3 is 0 Å². The smallest absolute Gasteiger partial charge is 0.169 e. The van der Waals surface area contributed by atoms with Gasteiger partial charge in [0.15, 0.2) is 6.17 Å². The maximum atomic E-state index is 6.63. The molecule has 7 aromatic carbocycles. The first-order valence-electron chi connectivity index (χ1n) is 17.5. The van der Waals surface area contributed by atoms with Gasteiger partial charge in [-0.3, -0.25) is 0 Å². The Morgan fingerprint density at radius 2 is 1.12 bits per heavy atom. The molecular formula is C46H27N3O3. The Kier molecular flexibility index (Phi) is 5.40. The molecule has 2 aliphatic rings. The van der Waals surface area contributed by atoms with Crippen LogP contribution in [0.2, 0.25) is 0 Å². The second-order valence-corrected chi connectivity index (χ2v) is 13.7. The van der Waals surface area contributed by atoms with Crippen LogP contribution in [0, 0.1) is 0 Å². The number of furan rings is 3. The van der Waals surface area contributed by atoms with Crippen LogP contribution in [0.15, 0.2) is 175 Å². The third-order valence-corrected chi connectivity index (χ3v) is 11.0. The number of rotatable bonds is 3. The molecule has 1 N–H and O–H groups in total. The topological polar surface area (TPSA) is 76.2 Å². The monoisotopic (exact) mass is 669 g/mol. The van der Waals surface area contributed by atoms with Crippen molar-refractivity contribution in [2.24, 2.45) is 9.98 Å². The largest absolute Gasteiger partial charge is 0.456 e. The van der Waals surface area contributed by atoms with Crippen LogP contribution in [0.3, 0.4) is 0 Å². The van der Waals surface area contributed by atoms with E-state index in [1.54, 1.807) is 0 Å². The normalized spacial score (nSPS) is 18.3. The quantitative estimate of drug-likeness (QED) is 0.203. The molecule has 6 nitrogen and oxygen atoms in total. The van der Waals surface area contributed by atoms with E-state index < -0.39 is 11.6 Å². The molecule has 0 fully saturated rings. The zero-order valence-corrected chi connectivity index (χ0v) is 27.6. The van der Waals surface area contributed by atoms with Gasteiger partial charge in [-0.1, -0.05) is 109 Å². The Hall–Kier alpha value is -6.92. The third kappa shape index (κ3) is 3.62. The number of nitrogens with zero attached hydrogens (tertiary/aromatic N) is 2. The van der Waals surface area contributed by atoms with Crippen molar-refractivity contribution in [3.63, 3.8) is 0 Å². The zero-order chi connectivity index (χ0) is 34.0. The standard InChI is InChI=1S/C46H27N3O3/c1-2-10-27(11-3-1)46(28-21-23-37-33(25-28)30-13-5-7-17-36(30)50-37)34-15-9-19-39-42(34)41-32(14-8-18-38(41)52-39)44-47-43(48-45(46)49-44)26-20-22-31-29-12-4-6-16-35(29)51-40(31)24-26/h1-25,43H,(H,47,48,49). The van der Waals surface area contributed by atoms with Gasteiger partial charge in [-0.25, -0.2) is 9.98 Å². The van der Waals surface area contributed by atoms with E-state index in [2.05, 4.69) is 115 Å². The lowest BCUT2D eigenvalue weighted by Crippen LogP contribution is -2.51. The van der Waals surface area contributed by atoms with E-state index in [1.165, 1.54) is 0 Å². The van der Waals surface area contributed by atoms with Crippen LogP contribution in [-0.2, 0) is 5.41 Å². The van der Waals surface area contributed by atoms with Gasteiger partial charge in [0.25, 0.3) is 0 Å². The molecule has 3 aromatic heterocycles. The fourth-order valence-electron chi connectivity index (χ4n) is 8.73. The molecule has 6 heteroatoms. The molecule has 2 bridgehead atoms. The minimum atomic E-state index is -0.902. The average molecular weight is 670 g/mol. The van der Waals surface area contributed by atoms with Crippen LogP contribution in [-0.4, -0.2) is 11.7 Å². The Morgan fingerprint density at radius 3 is 1.96 bits per heavy atom.